The van der Waals surface area contributed by atoms with E-state index in [2.05, 4.69) is 26.8 Å². The first-order valence-electron chi connectivity index (χ1n) is 10.4. The van der Waals surface area contributed by atoms with Gasteiger partial charge in [0.15, 0.2) is 0 Å². The summed E-state index contributed by atoms with van der Waals surface area (Å²) in [5.41, 5.74) is 2.93. The van der Waals surface area contributed by atoms with Gasteiger partial charge >= 0.3 is 0 Å². The molecule has 0 spiro atoms. The van der Waals surface area contributed by atoms with Crippen molar-refractivity contribution >= 4 is 20.9 Å². The van der Waals surface area contributed by atoms with Crippen LogP contribution in [-0.4, -0.2) is 48.6 Å². The molecule has 1 N–H and O–H groups in total. The fourth-order valence-electron chi connectivity index (χ4n) is 5.20. The molecule has 2 atom stereocenters. The summed E-state index contributed by atoms with van der Waals surface area (Å²) >= 11 is 0. The number of hydrogen-bond donors (Lipinski definition) is 1. The average Bonchev–Trinajstić information content (AvgIpc) is 3.13. The van der Waals surface area contributed by atoms with E-state index in [1.165, 1.54) is 0 Å². The lowest BCUT2D eigenvalue weighted by Gasteiger charge is -2.36. The zero-order valence-corrected chi connectivity index (χ0v) is 18.2. The lowest BCUT2D eigenvalue weighted by atomic mass is 9.99. The van der Waals surface area contributed by atoms with Gasteiger partial charge in [-0.15, -0.1) is 0 Å². The third-order valence-electron chi connectivity index (χ3n) is 6.71. The van der Waals surface area contributed by atoms with E-state index in [1.54, 1.807) is 18.3 Å². The Bertz CT molecular complexity index is 1190. The molecule has 2 unspecified atom stereocenters. The number of hydrogen-bond acceptors (Lipinski definition) is 6. The minimum Gasteiger partial charge on any atom is -0.361 e. The third-order valence-corrected chi connectivity index (χ3v) is 8.27. The smallest absolute Gasteiger partial charge is 0.241 e. The minimum atomic E-state index is -3.72. The summed E-state index contributed by atoms with van der Waals surface area (Å²) in [5, 5.41) is 4.65. The zero-order valence-electron chi connectivity index (χ0n) is 17.4. The number of nitrogens with one attached hydrogen (secondary N) is 1. The van der Waals surface area contributed by atoms with Gasteiger partial charge in [0.25, 0.3) is 0 Å². The van der Waals surface area contributed by atoms with Crippen LogP contribution >= 0.6 is 0 Å². The maximum absolute atomic E-state index is 13.5. The molecule has 0 radical (unpaired) electrons. The lowest BCUT2D eigenvalue weighted by molar-refractivity contribution is 0.157. The van der Waals surface area contributed by atoms with E-state index in [4.69, 9.17) is 4.52 Å². The van der Waals surface area contributed by atoms with Crippen LogP contribution in [0.1, 0.15) is 37.1 Å². The molecule has 8 heteroatoms. The molecule has 0 saturated carbocycles. The molecule has 2 bridgehead atoms. The molecular weight excluding hydrogens is 400 g/mol. The van der Waals surface area contributed by atoms with Gasteiger partial charge in [-0.2, -0.15) is 0 Å². The Kier molecular flexibility index (Phi) is 4.68. The molecule has 2 fully saturated rings. The number of fused-ring (bicyclic) bond motifs is 3. The molecule has 0 aliphatic carbocycles. The van der Waals surface area contributed by atoms with Crippen molar-refractivity contribution in [2.45, 2.75) is 62.6 Å². The maximum atomic E-state index is 13.5. The molecule has 7 nitrogen and oxygen atoms in total. The molecule has 2 aliphatic rings. The summed E-state index contributed by atoms with van der Waals surface area (Å²) in [6.45, 7) is 3.69. The van der Waals surface area contributed by atoms with Crippen molar-refractivity contribution in [1.82, 2.24) is 19.8 Å². The summed E-state index contributed by atoms with van der Waals surface area (Å²) in [7, 11) is -1.57. The Morgan fingerprint density at radius 3 is 2.57 bits per heavy atom. The molecule has 1 aromatic carbocycles. The van der Waals surface area contributed by atoms with Crippen molar-refractivity contribution in [3.8, 4) is 11.1 Å². The Morgan fingerprint density at radius 1 is 1.17 bits per heavy atom. The van der Waals surface area contributed by atoms with Gasteiger partial charge in [-0.1, -0.05) is 5.16 Å². The number of rotatable bonds is 4. The summed E-state index contributed by atoms with van der Waals surface area (Å²) in [5.74, 6) is 0.658. The fraction of sp³-hybridized carbons (Fsp3) is 0.455. The van der Waals surface area contributed by atoms with Gasteiger partial charge in [0.05, 0.1) is 16.1 Å². The van der Waals surface area contributed by atoms with Gasteiger partial charge in [0, 0.05) is 35.3 Å². The summed E-state index contributed by atoms with van der Waals surface area (Å²) in [6, 6.07) is 8.09. The zero-order chi connectivity index (χ0) is 21.0. The number of pyridine rings is 1. The molecule has 5 rings (SSSR count). The summed E-state index contributed by atoms with van der Waals surface area (Å²) < 4.78 is 35.4. The minimum absolute atomic E-state index is 0.0434. The van der Waals surface area contributed by atoms with Crippen LogP contribution in [-0.2, 0) is 10.0 Å². The largest absolute Gasteiger partial charge is 0.361 e. The highest BCUT2D eigenvalue weighted by atomic mass is 32.2. The second kappa shape index (κ2) is 7.14. The van der Waals surface area contributed by atoms with Crippen LogP contribution in [0.15, 0.2) is 39.9 Å². The quantitative estimate of drug-likeness (QED) is 0.688. The van der Waals surface area contributed by atoms with E-state index in [0.717, 1.165) is 42.5 Å². The van der Waals surface area contributed by atoms with E-state index in [0.29, 0.717) is 28.7 Å². The summed E-state index contributed by atoms with van der Waals surface area (Å²) in [6.07, 6.45) is 5.68. The molecule has 2 aliphatic heterocycles. The predicted molar refractivity (Wildman–Crippen MR) is 115 cm³/mol. The van der Waals surface area contributed by atoms with E-state index >= 15 is 0 Å². The molecule has 4 heterocycles. The molecule has 2 saturated heterocycles. The topological polar surface area (TPSA) is 88.3 Å². The van der Waals surface area contributed by atoms with Gasteiger partial charge < -0.3 is 9.42 Å². The molecular formula is C22H26N4O3S. The number of benzene rings is 1. The van der Waals surface area contributed by atoms with Crippen LogP contribution in [0.25, 0.3) is 22.0 Å². The first kappa shape index (κ1) is 19.7. The SMILES string of the molecule is Cc1noc(C)c1-c1cc(S(=O)(=O)NC2CC3CCC(C2)N3C)c2cccnc2c1. The fourth-order valence-corrected chi connectivity index (χ4v) is 6.70. The Labute approximate surface area is 176 Å². The molecule has 158 valence electrons. The standard InChI is InChI=1S/C22H26N4O3S/c1-13-22(14(2)29-24-13)15-9-20-19(5-4-8-23-20)21(10-15)30(27,28)25-16-11-17-6-7-18(12-16)26(17)3/h4-5,8-10,16-18,25H,6-7,11-12H2,1-3H3. The van der Waals surface area contributed by atoms with Crippen molar-refractivity contribution in [2.75, 3.05) is 7.05 Å². The molecule has 0 amide bonds. The van der Waals surface area contributed by atoms with Crippen molar-refractivity contribution in [2.24, 2.45) is 0 Å². The van der Waals surface area contributed by atoms with Gasteiger partial charge in [-0.3, -0.25) is 4.98 Å². The number of aromatic nitrogens is 2. The lowest BCUT2D eigenvalue weighted by Crippen LogP contribution is -2.48. The van der Waals surface area contributed by atoms with Crippen LogP contribution in [0, 0.1) is 13.8 Å². The third kappa shape index (κ3) is 3.23. The van der Waals surface area contributed by atoms with Crippen molar-refractivity contribution in [3.63, 3.8) is 0 Å². The van der Waals surface area contributed by atoms with E-state index < -0.39 is 10.0 Å². The highest BCUT2D eigenvalue weighted by Gasteiger charge is 2.40. The number of nitrogens with zero attached hydrogens (tertiary/aromatic N) is 3. The van der Waals surface area contributed by atoms with Gasteiger partial charge in [0.1, 0.15) is 5.76 Å². The maximum Gasteiger partial charge on any atom is 0.241 e. The normalized spacial score (nSPS) is 24.6. The van der Waals surface area contributed by atoms with E-state index in [1.807, 2.05) is 26.0 Å². The van der Waals surface area contributed by atoms with Crippen LogP contribution < -0.4 is 4.72 Å². The van der Waals surface area contributed by atoms with Crippen LogP contribution in [0.4, 0.5) is 0 Å². The predicted octanol–water partition coefficient (Wildman–Crippen LogP) is 3.41. The number of piperidine rings is 1. The summed E-state index contributed by atoms with van der Waals surface area (Å²) in [4.78, 5) is 7.09. The van der Waals surface area contributed by atoms with Crippen molar-refractivity contribution in [1.29, 1.82) is 0 Å². The molecule has 3 aromatic rings. The first-order valence-corrected chi connectivity index (χ1v) is 11.9. The van der Waals surface area contributed by atoms with Crippen LogP contribution in [0.3, 0.4) is 0 Å². The Hall–Kier alpha value is -2.29. The van der Waals surface area contributed by atoms with Crippen molar-refractivity contribution in [3.05, 3.63) is 41.9 Å². The van der Waals surface area contributed by atoms with Crippen LogP contribution in [0.5, 0.6) is 0 Å². The number of aryl methyl sites for hydroxylation is 2. The van der Waals surface area contributed by atoms with Crippen molar-refractivity contribution < 1.29 is 12.9 Å². The van der Waals surface area contributed by atoms with Gasteiger partial charge in [0.2, 0.25) is 10.0 Å². The first-order chi connectivity index (χ1) is 14.3. The monoisotopic (exact) mass is 426 g/mol. The number of sulfonamides is 1. The van der Waals surface area contributed by atoms with Crippen LogP contribution in [0.2, 0.25) is 0 Å². The Morgan fingerprint density at radius 2 is 1.90 bits per heavy atom. The average molecular weight is 427 g/mol. The highest BCUT2D eigenvalue weighted by molar-refractivity contribution is 7.89. The van der Waals surface area contributed by atoms with Gasteiger partial charge in [-0.05, 0) is 76.4 Å². The second-order valence-electron chi connectivity index (χ2n) is 8.58. The highest BCUT2D eigenvalue weighted by Crippen LogP contribution is 2.36. The Balaban J connectivity index is 1.57. The van der Waals surface area contributed by atoms with Gasteiger partial charge in [-0.25, -0.2) is 13.1 Å². The second-order valence-corrected chi connectivity index (χ2v) is 10.3. The van der Waals surface area contributed by atoms with E-state index in [9.17, 15) is 8.42 Å². The van der Waals surface area contributed by atoms with E-state index in [-0.39, 0.29) is 10.9 Å². The molecule has 2 aromatic heterocycles. The molecule has 30 heavy (non-hydrogen) atoms.